The van der Waals surface area contributed by atoms with Crippen LogP contribution in [0, 0.1) is 0 Å². The molecule has 0 unspecified atom stereocenters. The second-order valence-corrected chi connectivity index (χ2v) is 13.1. The molecule has 7 heterocycles. The van der Waals surface area contributed by atoms with Crippen LogP contribution in [0.25, 0.3) is 21.4 Å². The van der Waals surface area contributed by atoms with Gasteiger partial charge in [0.05, 0.1) is 0 Å². The van der Waals surface area contributed by atoms with E-state index in [1.807, 2.05) is 22.7 Å². The Hall–Kier alpha value is -2.99. The third-order valence-corrected chi connectivity index (χ3v) is 13.0. The van der Waals surface area contributed by atoms with Gasteiger partial charge in [0.25, 0.3) is 0 Å². The standard InChI is InChI=1S/C23H18N5PS2/c1-2-6-17(7-3-1)27-20-10-4-8-18-22-25(12-14-30-22)29(16-24(18)20)26-13-15-31-23(26)19-9-5-11-21(27)28(19)29/h1-15,29H,16H2/q+4. The van der Waals surface area contributed by atoms with Gasteiger partial charge in [-0.25, -0.2) is 0 Å². The summed E-state index contributed by atoms with van der Waals surface area (Å²) < 4.78 is 10.5. The Bertz CT molecular complexity index is 1540. The van der Waals surface area contributed by atoms with E-state index in [1.54, 1.807) is 0 Å². The fourth-order valence-corrected chi connectivity index (χ4v) is 13.0. The van der Waals surface area contributed by atoms with Gasteiger partial charge in [-0.2, -0.15) is 0 Å². The molecule has 3 aliphatic heterocycles. The Morgan fingerprint density at radius 3 is 2.16 bits per heavy atom. The van der Waals surface area contributed by atoms with Gasteiger partial charge in [0.2, 0.25) is 0 Å². The molecule has 8 rings (SSSR count). The molecule has 0 amide bonds. The normalized spacial score (nSPS) is 16.8. The molecule has 4 aromatic heterocycles. The Labute approximate surface area is 187 Å². The van der Waals surface area contributed by atoms with Gasteiger partial charge in [0.1, 0.15) is 0 Å². The molecule has 0 fully saturated rings. The van der Waals surface area contributed by atoms with E-state index in [0.717, 1.165) is 6.29 Å². The maximum absolute atomic E-state index is 2.68. The average Bonchev–Trinajstić information content (AvgIpc) is 3.52. The fourth-order valence-electron chi connectivity index (χ4n) is 5.51. The summed E-state index contributed by atoms with van der Waals surface area (Å²) in [5.41, 5.74) is 3.81. The SMILES string of the molecule is c1ccc(N2c3cccc4[n+]3C[PH]3([n+]5ccsc5-4)[n+]4ccsc4-c4cccc2[n+]43)cc1. The quantitative estimate of drug-likeness (QED) is 0.276. The van der Waals surface area contributed by atoms with Crippen molar-refractivity contribution in [2.45, 2.75) is 6.29 Å². The number of fused-ring (bicyclic) bond motifs is 2. The van der Waals surface area contributed by atoms with Gasteiger partial charge in [-0.15, -0.1) is 0 Å². The van der Waals surface area contributed by atoms with E-state index >= 15 is 0 Å². The first-order chi connectivity index (χ1) is 15.4. The van der Waals surface area contributed by atoms with Crippen molar-refractivity contribution in [1.82, 2.24) is 0 Å². The van der Waals surface area contributed by atoms with Crippen molar-refractivity contribution >= 4 is 47.7 Å². The first kappa shape index (κ1) is 16.7. The molecule has 1 spiro atoms. The van der Waals surface area contributed by atoms with Gasteiger partial charge in [-0.05, 0) is 0 Å². The summed E-state index contributed by atoms with van der Waals surface area (Å²) in [5.74, 6) is 2.46. The number of hydrogen-bond donors (Lipinski definition) is 0. The Morgan fingerprint density at radius 1 is 0.710 bits per heavy atom. The predicted octanol–water partition coefficient (Wildman–Crippen LogP) is 3.80. The molecule has 8 heteroatoms. The molecule has 31 heavy (non-hydrogen) atoms. The molecule has 1 aromatic carbocycles. The zero-order valence-corrected chi connectivity index (χ0v) is 19.1. The summed E-state index contributed by atoms with van der Waals surface area (Å²) >= 11 is 3.69. The van der Waals surface area contributed by atoms with E-state index in [0.29, 0.717) is 0 Å². The molecular weight excluding hydrogens is 441 g/mol. The van der Waals surface area contributed by atoms with Crippen molar-refractivity contribution in [3.63, 3.8) is 0 Å². The van der Waals surface area contributed by atoms with Crippen molar-refractivity contribution in [2.24, 2.45) is 0 Å². The van der Waals surface area contributed by atoms with Crippen LogP contribution in [-0.2, 0) is 6.29 Å². The van der Waals surface area contributed by atoms with E-state index in [1.165, 1.54) is 38.7 Å². The van der Waals surface area contributed by atoms with Gasteiger partial charge >= 0.3 is 188 Å². The van der Waals surface area contributed by atoms with E-state index < -0.39 is 7.71 Å². The van der Waals surface area contributed by atoms with E-state index in [-0.39, 0.29) is 0 Å². The molecule has 5 nitrogen and oxygen atoms in total. The topological polar surface area (TPSA) is 18.8 Å². The Morgan fingerprint density at radius 2 is 1.39 bits per heavy atom. The van der Waals surface area contributed by atoms with E-state index in [4.69, 9.17) is 0 Å². The third kappa shape index (κ3) is 1.83. The monoisotopic (exact) mass is 459 g/mol. The number of pyridine rings is 2. The number of anilines is 3. The number of aromatic nitrogens is 4. The van der Waals surface area contributed by atoms with E-state index in [9.17, 15) is 0 Å². The zero-order valence-electron chi connectivity index (χ0n) is 16.4. The fraction of sp³-hybridized carbons (Fsp3) is 0.0435. The van der Waals surface area contributed by atoms with Gasteiger partial charge in [-0.3, -0.25) is 0 Å². The molecule has 0 radical (unpaired) electrons. The van der Waals surface area contributed by atoms with Crippen molar-refractivity contribution in [1.29, 1.82) is 0 Å². The van der Waals surface area contributed by atoms with Crippen LogP contribution < -0.4 is 22.5 Å². The summed E-state index contributed by atoms with van der Waals surface area (Å²) in [4.78, 5) is 2.44. The third-order valence-electron chi connectivity index (χ3n) is 6.66. The molecule has 3 aliphatic rings. The van der Waals surface area contributed by atoms with Crippen LogP contribution in [0.1, 0.15) is 0 Å². The van der Waals surface area contributed by atoms with Gasteiger partial charge < -0.3 is 0 Å². The molecule has 0 atom stereocenters. The number of thiazole rings is 2. The average molecular weight is 460 g/mol. The van der Waals surface area contributed by atoms with Crippen molar-refractivity contribution < 1.29 is 17.6 Å². The molecule has 0 aliphatic carbocycles. The Balaban J connectivity index is 1.62. The van der Waals surface area contributed by atoms with E-state index in [2.05, 4.69) is 112 Å². The number of rotatable bonds is 1. The zero-order chi connectivity index (χ0) is 20.2. The molecular formula is C23H18N5PS2+4. The summed E-state index contributed by atoms with van der Waals surface area (Å²) in [5, 5.41) is 7.19. The second kappa shape index (κ2) is 5.62. The molecule has 0 saturated carbocycles. The maximum atomic E-state index is 2.68. The molecule has 5 aromatic rings. The van der Waals surface area contributed by atoms with Crippen LogP contribution in [0.15, 0.2) is 89.9 Å². The van der Waals surface area contributed by atoms with Gasteiger partial charge in [-0.1, -0.05) is 0 Å². The number of hydrogen-bond acceptors (Lipinski definition) is 3. The van der Waals surface area contributed by atoms with Crippen LogP contribution in [0.2, 0.25) is 0 Å². The minimum atomic E-state index is -2.40. The minimum absolute atomic E-state index is 0.972. The van der Waals surface area contributed by atoms with Gasteiger partial charge in [0.15, 0.2) is 0 Å². The summed E-state index contributed by atoms with van der Waals surface area (Å²) in [7, 11) is -2.40. The molecule has 148 valence electrons. The van der Waals surface area contributed by atoms with Crippen LogP contribution in [0.4, 0.5) is 17.3 Å². The summed E-state index contributed by atoms with van der Waals surface area (Å²) in [6, 6.07) is 24.3. The number of nitrogens with zero attached hydrogens (tertiary/aromatic N) is 5. The summed E-state index contributed by atoms with van der Waals surface area (Å²) in [6.07, 6.45) is 5.59. The van der Waals surface area contributed by atoms with Crippen molar-refractivity contribution in [3.05, 3.63) is 89.9 Å². The molecule has 0 N–H and O–H groups in total. The number of para-hydroxylation sites is 1. The van der Waals surface area contributed by atoms with Crippen LogP contribution in [0.5, 0.6) is 0 Å². The van der Waals surface area contributed by atoms with Gasteiger partial charge in [0, 0.05) is 0 Å². The molecule has 0 saturated heterocycles. The van der Waals surface area contributed by atoms with Crippen LogP contribution in [-0.4, -0.2) is 0 Å². The first-order valence-electron chi connectivity index (χ1n) is 10.3. The second-order valence-electron chi connectivity index (χ2n) is 8.06. The van der Waals surface area contributed by atoms with Crippen molar-refractivity contribution in [3.8, 4) is 21.4 Å². The first-order valence-corrected chi connectivity index (χ1v) is 14.1. The Kier molecular flexibility index (Phi) is 3.02. The van der Waals surface area contributed by atoms with Crippen molar-refractivity contribution in [2.75, 3.05) is 4.90 Å². The summed E-state index contributed by atoms with van der Waals surface area (Å²) in [6.45, 7) is 0. The molecule has 4 bridgehead atoms. The predicted molar refractivity (Wildman–Crippen MR) is 123 cm³/mol. The van der Waals surface area contributed by atoms with Crippen LogP contribution >= 0.6 is 30.4 Å². The van der Waals surface area contributed by atoms with Crippen LogP contribution in [0.3, 0.4) is 0 Å². The number of benzene rings is 1.